The van der Waals surface area contributed by atoms with E-state index in [9.17, 15) is 4.39 Å². The standard InChI is InChI=1S/C21H35FN6/c1-18(17-26-10-8-25(3)9-11-26)16-24-21(23-2)28-14-12-27(13-15-28)20-7-5-4-6-19(20)22/h4-7,18H,8-17H2,1-3H3,(H,23,24). The average Bonchev–Trinajstić information content (AvgIpc) is 2.71. The number of para-hydroxylation sites is 1. The first-order chi connectivity index (χ1) is 13.6. The molecule has 6 nitrogen and oxygen atoms in total. The highest BCUT2D eigenvalue weighted by atomic mass is 19.1. The van der Waals surface area contributed by atoms with Gasteiger partial charge in [-0.05, 0) is 25.1 Å². The summed E-state index contributed by atoms with van der Waals surface area (Å²) in [7, 11) is 4.04. The molecule has 1 N–H and O–H groups in total. The van der Waals surface area contributed by atoms with Crippen molar-refractivity contribution in [2.45, 2.75) is 6.92 Å². The van der Waals surface area contributed by atoms with E-state index >= 15 is 0 Å². The Kier molecular flexibility index (Phi) is 7.50. The Balaban J connectivity index is 1.43. The van der Waals surface area contributed by atoms with Gasteiger partial charge >= 0.3 is 0 Å². The van der Waals surface area contributed by atoms with Crippen LogP contribution in [0.1, 0.15) is 6.92 Å². The van der Waals surface area contributed by atoms with Crippen molar-refractivity contribution in [3.63, 3.8) is 0 Å². The van der Waals surface area contributed by atoms with Crippen LogP contribution in [0.2, 0.25) is 0 Å². The number of hydrogen-bond acceptors (Lipinski definition) is 4. The summed E-state index contributed by atoms with van der Waals surface area (Å²) >= 11 is 0. The summed E-state index contributed by atoms with van der Waals surface area (Å²) < 4.78 is 14.0. The molecule has 0 spiro atoms. The van der Waals surface area contributed by atoms with Gasteiger partial charge in [0.2, 0.25) is 0 Å². The van der Waals surface area contributed by atoms with E-state index in [-0.39, 0.29) is 5.82 Å². The first-order valence-electron chi connectivity index (χ1n) is 10.4. The molecule has 156 valence electrons. The molecule has 2 heterocycles. The molecule has 3 rings (SSSR count). The molecule has 0 saturated carbocycles. The van der Waals surface area contributed by atoms with Crippen molar-refractivity contribution in [1.29, 1.82) is 0 Å². The number of halogens is 1. The third-order valence-electron chi connectivity index (χ3n) is 5.76. The third kappa shape index (κ3) is 5.58. The number of likely N-dealkylation sites (N-methyl/N-ethyl adjacent to an activating group) is 1. The molecule has 2 fully saturated rings. The highest BCUT2D eigenvalue weighted by Gasteiger charge is 2.22. The molecule has 7 heteroatoms. The summed E-state index contributed by atoms with van der Waals surface area (Å²) in [5.74, 6) is 1.38. The van der Waals surface area contributed by atoms with Gasteiger partial charge in [0.25, 0.3) is 0 Å². The molecule has 0 aliphatic carbocycles. The molecule has 0 radical (unpaired) electrons. The fourth-order valence-electron chi connectivity index (χ4n) is 4.00. The fraction of sp³-hybridized carbons (Fsp3) is 0.667. The van der Waals surface area contributed by atoms with Gasteiger partial charge in [0, 0.05) is 72.5 Å². The summed E-state index contributed by atoms with van der Waals surface area (Å²) in [6, 6.07) is 7.03. The first kappa shape index (κ1) is 20.9. The maximum atomic E-state index is 14.0. The van der Waals surface area contributed by atoms with Gasteiger partial charge in [-0.15, -0.1) is 0 Å². The van der Waals surface area contributed by atoms with Gasteiger partial charge in [0.05, 0.1) is 5.69 Å². The SMILES string of the molecule is CN=C(NCC(C)CN1CCN(C)CC1)N1CCN(c2ccccc2F)CC1. The quantitative estimate of drug-likeness (QED) is 0.608. The fourth-order valence-corrected chi connectivity index (χ4v) is 4.00. The highest BCUT2D eigenvalue weighted by Crippen LogP contribution is 2.20. The first-order valence-corrected chi connectivity index (χ1v) is 10.4. The normalized spacial score (nSPS) is 21.1. The molecular weight excluding hydrogens is 355 g/mol. The minimum atomic E-state index is -0.142. The molecule has 1 aromatic carbocycles. The monoisotopic (exact) mass is 390 g/mol. The van der Waals surface area contributed by atoms with Gasteiger partial charge in [-0.2, -0.15) is 0 Å². The van der Waals surface area contributed by atoms with Crippen LogP contribution in [0, 0.1) is 11.7 Å². The van der Waals surface area contributed by atoms with Crippen molar-refractivity contribution in [3.8, 4) is 0 Å². The summed E-state index contributed by atoms with van der Waals surface area (Å²) in [4.78, 5) is 13.8. The Hall–Kier alpha value is -1.86. The van der Waals surface area contributed by atoms with E-state index in [4.69, 9.17) is 0 Å². The second kappa shape index (κ2) is 10.1. The van der Waals surface area contributed by atoms with Gasteiger partial charge < -0.3 is 24.9 Å². The van der Waals surface area contributed by atoms with Crippen molar-refractivity contribution >= 4 is 11.6 Å². The number of nitrogens with zero attached hydrogens (tertiary/aromatic N) is 5. The Labute approximate surface area is 169 Å². The van der Waals surface area contributed by atoms with Crippen LogP contribution in [-0.2, 0) is 0 Å². The topological polar surface area (TPSA) is 37.4 Å². The lowest BCUT2D eigenvalue weighted by atomic mass is 10.1. The second-order valence-electron chi connectivity index (χ2n) is 8.06. The van der Waals surface area contributed by atoms with E-state index in [1.807, 2.05) is 19.2 Å². The van der Waals surface area contributed by atoms with Crippen LogP contribution in [0.4, 0.5) is 10.1 Å². The van der Waals surface area contributed by atoms with E-state index in [0.717, 1.165) is 71.4 Å². The van der Waals surface area contributed by atoms with Crippen LogP contribution in [0.15, 0.2) is 29.3 Å². The lowest BCUT2D eigenvalue weighted by Crippen LogP contribution is -2.53. The molecular formula is C21H35FN6. The smallest absolute Gasteiger partial charge is 0.193 e. The number of anilines is 1. The largest absolute Gasteiger partial charge is 0.366 e. The van der Waals surface area contributed by atoms with Crippen LogP contribution in [0.5, 0.6) is 0 Å². The number of piperazine rings is 2. The highest BCUT2D eigenvalue weighted by molar-refractivity contribution is 5.80. The molecule has 1 unspecified atom stereocenters. The minimum absolute atomic E-state index is 0.142. The van der Waals surface area contributed by atoms with E-state index in [0.29, 0.717) is 11.6 Å². The Morgan fingerprint density at radius 2 is 1.75 bits per heavy atom. The van der Waals surface area contributed by atoms with E-state index in [1.54, 1.807) is 6.07 Å². The number of rotatable bonds is 5. The Morgan fingerprint density at radius 1 is 1.07 bits per heavy atom. The van der Waals surface area contributed by atoms with E-state index in [1.165, 1.54) is 6.07 Å². The van der Waals surface area contributed by atoms with E-state index in [2.05, 4.69) is 43.9 Å². The number of guanidine groups is 1. The summed E-state index contributed by atoms with van der Waals surface area (Å²) in [6.07, 6.45) is 0. The van der Waals surface area contributed by atoms with Crippen molar-refractivity contribution in [2.24, 2.45) is 10.9 Å². The molecule has 0 aromatic heterocycles. The number of benzene rings is 1. The summed E-state index contributed by atoms with van der Waals surface area (Å²) in [6.45, 7) is 12.3. The van der Waals surface area contributed by atoms with Gasteiger partial charge in [-0.25, -0.2) is 4.39 Å². The second-order valence-corrected chi connectivity index (χ2v) is 8.06. The average molecular weight is 391 g/mol. The maximum Gasteiger partial charge on any atom is 0.193 e. The van der Waals surface area contributed by atoms with Crippen LogP contribution in [0.25, 0.3) is 0 Å². The van der Waals surface area contributed by atoms with Crippen molar-refractivity contribution in [3.05, 3.63) is 30.1 Å². The van der Waals surface area contributed by atoms with Gasteiger partial charge in [0.1, 0.15) is 5.82 Å². The van der Waals surface area contributed by atoms with E-state index < -0.39 is 0 Å². The molecule has 2 aliphatic rings. The Bertz CT molecular complexity index is 636. The van der Waals surface area contributed by atoms with Crippen LogP contribution in [0.3, 0.4) is 0 Å². The summed E-state index contributed by atoms with van der Waals surface area (Å²) in [5, 5.41) is 3.55. The van der Waals surface area contributed by atoms with Gasteiger partial charge in [0.15, 0.2) is 5.96 Å². The zero-order valence-electron chi connectivity index (χ0n) is 17.6. The molecule has 1 atom stereocenters. The Morgan fingerprint density at radius 3 is 2.39 bits per heavy atom. The number of hydrogen-bond donors (Lipinski definition) is 1. The van der Waals surface area contributed by atoms with Gasteiger partial charge in [-0.3, -0.25) is 4.99 Å². The molecule has 2 aliphatic heterocycles. The summed E-state index contributed by atoms with van der Waals surface area (Å²) in [5.41, 5.74) is 0.700. The lowest BCUT2D eigenvalue weighted by Gasteiger charge is -2.38. The number of nitrogens with one attached hydrogen (secondary N) is 1. The predicted octanol–water partition coefficient (Wildman–Crippen LogP) is 1.41. The van der Waals surface area contributed by atoms with Crippen LogP contribution < -0.4 is 10.2 Å². The third-order valence-corrected chi connectivity index (χ3v) is 5.76. The molecule has 0 bridgehead atoms. The molecule has 28 heavy (non-hydrogen) atoms. The molecule has 0 amide bonds. The zero-order chi connectivity index (χ0) is 19.9. The minimum Gasteiger partial charge on any atom is -0.366 e. The lowest BCUT2D eigenvalue weighted by molar-refractivity contribution is 0.139. The zero-order valence-corrected chi connectivity index (χ0v) is 17.6. The maximum absolute atomic E-state index is 14.0. The predicted molar refractivity (Wildman–Crippen MR) is 115 cm³/mol. The van der Waals surface area contributed by atoms with Crippen LogP contribution >= 0.6 is 0 Å². The van der Waals surface area contributed by atoms with Crippen molar-refractivity contribution < 1.29 is 4.39 Å². The molecule has 2 saturated heterocycles. The van der Waals surface area contributed by atoms with Crippen molar-refractivity contribution in [1.82, 2.24) is 20.0 Å². The van der Waals surface area contributed by atoms with Crippen LogP contribution in [-0.4, -0.2) is 100 Å². The van der Waals surface area contributed by atoms with Gasteiger partial charge in [-0.1, -0.05) is 19.1 Å². The molecule has 1 aromatic rings. The number of aliphatic imine (C=N–C) groups is 1. The van der Waals surface area contributed by atoms with Crippen molar-refractivity contribution in [2.75, 3.05) is 84.4 Å².